The fourth-order valence-electron chi connectivity index (χ4n) is 1.95. The topological polar surface area (TPSA) is 68.5 Å². The van der Waals surface area contributed by atoms with Crippen LogP contribution in [0, 0.1) is 0 Å². The zero-order valence-corrected chi connectivity index (χ0v) is 10.8. The van der Waals surface area contributed by atoms with E-state index in [1.165, 1.54) is 7.11 Å². The van der Waals surface area contributed by atoms with Crippen molar-refractivity contribution in [3.05, 3.63) is 48.8 Å². The van der Waals surface area contributed by atoms with Gasteiger partial charge in [-0.05, 0) is 6.07 Å². The van der Waals surface area contributed by atoms with Gasteiger partial charge in [0, 0.05) is 18.0 Å². The van der Waals surface area contributed by atoms with Crippen molar-refractivity contribution in [3.63, 3.8) is 0 Å². The summed E-state index contributed by atoms with van der Waals surface area (Å²) >= 11 is 0. The molecule has 0 radical (unpaired) electrons. The van der Waals surface area contributed by atoms with Crippen LogP contribution in [0.2, 0.25) is 0 Å². The predicted octanol–water partition coefficient (Wildman–Crippen LogP) is 2.57. The van der Waals surface area contributed by atoms with Crippen molar-refractivity contribution in [1.29, 1.82) is 0 Å². The molecule has 0 saturated carbocycles. The van der Waals surface area contributed by atoms with E-state index in [1.54, 1.807) is 22.9 Å². The van der Waals surface area contributed by atoms with Crippen LogP contribution in [0.1, 0.15) is 0 Å². The van der Waals surface area contributed by atoms with Gasteiger partial charge in [0.1, 0.15) is 11.5 Å². The quantitative estimate of drug-likeness (QED) is 0.775. The molecular weight excluding hydrogens is 256 g/mol. The molecule has 0 aliphatic rings. The van der Waals surface area contributed by atoms with Crippen molar-refractivity contribution in [2.45, 2.75) is 0 Å². The molecule has 3 rings (SSSR count). The van der Waals surface area contributed by atoms with E-state index < -0.39 is 6.09 Å². The molecule has 0 saturated heterocycles. The number of ether oxygens (including phenoxy) is 1. The SMILES string of the molecule is COC(=O)Nc1c(-c2ccccc2)nc2ncccn12. The number of hydrogen-bond acceptors (Lipinski definition) is 4. The van der Waals surface area contributed by atoms with E-state index >= 15 is 0 Å². The van der Waals surface area contributed by atoms with Crippen molar-refractivity contribution in [2.24, 2.45) is 0 Å². The number of carbonyl (C=O) groups excluding carboxylic acids is 1. The summed E-state index contributed by atoms with van der Waals surface area (Å²) < 4.78 is 6.36. The largest absolute Gasteiger partial charge is 0.453 e. The Bertz CT molecular complexity index is 752. The van der Waals surface area contributed by atoms with Crippen LogP contribution in [-0.4, -0.2) is 27.6 Å². The Morgan fingerprint density at radius 2 is 2.05 bits per heavy atom. The molecule has 0 fully saturated rings. The van der Waals surface area contributed by atoms with E-state index in [1.807, 2.05) is 30.3 Å². The fourth-order valence-corrected chi connectivity index (χ4v) is 1.95. The first-order valence-corrected chi connectivity index (χ1v) is 6.03. The normalized spacial score (nSPS) is 10.4. The standard InChI is InChI=1S/C14H12N4O2/c1-20-14(19)17-12-11(10-6-3-2-4-7-10)16-13-15-8-5-9-18(12)13/h2-9H,1H3,(H,17,19). The minimum Gasteiger partial charge on any atom is -0.453 e. The summed E-state index contributed by atoms with van der Waals surface area (Å²) in [4.78, 5) is 20.1. The molecule has 100 valence electrons. The van der Waals surface area contributed by atoms with Gasteiger partial charge in [-0.3, -0.25) is 9.72 Å². The monoisotopic (exact) mass is 268 g/mol. The Hall–Kier alpha value is -2.89. The van der Waals surface area contributed by atoms with Crippen molar-refractivity contribution >= 4 is 17.7 Å². The van der Waals surface area contributed by atoms with Crippen molar-refractivity contribution in [3.8, 4) is 11.3 Å². The van der Waals surface area contributed by atoms with E-state index in [2.05, 4.69) is 20.0 Å². The number of amides is 1. The summed E-state index contributed by atoms with van der Waals surface area (Å²) in [6.07, 6.45) is 2.89. The maximum atomic E-state index is 11.5. The highest BCUT2D eigenvalue weighted by Crippen LogP contribution is 2.27. The van der Waals surface area contributed by atoms with Gasteiger partial charge in [0.25, 0.3) is 0 Å². The first kappa shape index (κ1) is 12.2. The number of nitrogens with one attached hydrogen (secondary N) is 1. The van der Waals surface area contributed by atoms with Gasteiger partial charge in [0.05, 0.1) is 7.11 Å². The molecule has 1 N–H and O–H groups in total. The van der Waals surface area contributed by atoms with Crippen LogP contribution in [-0.2, 0) is 4.74 Å². The third-order valence-electron chi connectivity index (χ3n) is 2.86. The Morgan fingerprint density at radius 3 is 2.80 bits per heavy atom. The molecule has 0 atom stereocenters. The molecule has 0 aliphatic heterocycles. The summed E-state index contributed by atoms with van der Waals surface area (Å²) in [5, 5.41) is 2.68. The van der Waals surface area contributed by atoms with E-state index in [-0.39, 0.29) is 0 Å². The fraction of sp³-hybridized carbons (Fsp3) is 0.0714. The third-order valence-corrected chi connectivity index (χ3v) is 2.86. The first-order valence-electron chi connectivity index (χ1n) is 6.03. The number of nitrogens with zero attached hydrogens (tertiary/aromatic N) is 3. The van der Waals surface area contributed by atoms with Gasteiger partial charge in [-0.15, -0.1) is 0 Å². The first-order chi connectivity index (χ1) is 9.79. The van der Waals surface area contributed by atoms with Crippen molar-refractivity contribution < 1.29 is 9.53 Å². The maximum absolute atomic E-state index is 11.5. The van der Waals surface area contributed by atoms with Crippen LogP contribution in [0.25, 0.3) is 17.0 Å². The van der Waals surface area contributed by atoms with E-state index in [9.17, 15) is 4.79 Å². The number of fused-ring (bicyclic) bond motifs is 1. The number of hydrogen-bond donors (Lipinski definition) is 1. The number of methoxy groups -OCH3 is 1. The maximum Gasteiger partial charge on any atom is 0.412 e. The van der Waals surface area contributed by atoms with Gasteiger partial charge in [0.15, 0.2) is 0 Å². The average molecular weight is 268 g/mol. The lowest BCUT2D eigenvalue weighted by molar-refractivity contribution is 0.187. The summed E-state index contributed by atoms with van der Waals surface area (Å²) in [5.74, 6) is 1.05. The second kappa shape index (κ2) is 5.00. The van der Waals surface area contributed by atoms with Crippen LogP contribution in [0.4, 0.5) is 10.6 Å². The summed E-state index contributed by atoms with van der Waals surface area (Å²) in [6, 6.07) is 11.4. The lowest BCUT2D eigenvalue weighted by atomic mass is 10.1. The highest BCUT2D eigenvalue weighted by Gasteiger charge is 2.16. The van der Waals surface area contributed by atoms with Crippen LogP contribution < -0.4 is 5.32 Å². The minimum absolute atomic E-state index is 0.512. The second-order valence-corrected chi connectivity index (χ2v) is 4.08. The Morgan fingerprint density at radius 1 is 1.25 bits per heavy atom. The molecule has 0 unspecified atom stereocenters. The van der Waals surface area contributed by atoms with Gasteiger partial charge >= 0.3 is 6.09 Å². The number of anilines is 1. The lowest BCUT2D eigenvalue weighted by Crippen LogP contribution is -2.13. The second-order valence-electron chi connectivity index (χ2n) is 4.08. The molecule has 2 heterocycles. The average Bonchev–Trinajstić information content (AvgIpc) is 2.87. The highest BCUT2D eigenvalue weighted by molar-refractivity contribution is 5.90. The molecule has 0 aliphatic carbocycles. The molecule has 1 amide bonds. The van der Waals surface area contributed by atoms with Gasteiger partial charge in [-0.1, -0.05) is 30.3 Å². The number of carbonyl (C=O) groups is 1. The summed E-state index contributed by atoms with van der Waals surface area (Å²) in [5.41, 5.74) is 1.54. The zero-order valence-electron chi connectivity index (χ0n) is 10.8. The molecule has 0 spiro atoms. The predicted molar refractivity (Wildman–Crippen MR) is 74.5 cm³/mol. The van der Waals surface area contributed by atoms with E-state index in [0.717, 1.165) is 5.56 Å². The molecule has 1 aromatic carbocycles. The number of benzene rings is 1. The Labute approximate surface area is 115 Å². The van der Waals surface area contributed by atoms with Crippen LogP contribution >= 0.6 is 0 Å². The molecular formula is C14H12N4O2. The van der Waals surface area contributed by atoms with Crippen LogP contribution in [0.3, 0.4) is 0 Å². The molecule has 0 bridgehead atoms. The zero-order chi connectivity index (χ0) is 13.9. The van der Waals surface area contributed by atoms with Gasteiger partial charge in [-0.2, -0.15) is 0 Å². The molecule has 6 heteroatoms. The molecule has 3 aromatic rings. The Kier molecular flexibility index (Phi) is 3.04. The summed E-state index contributed by atoms with van der Waals surface area (Å²) in [7, 11) is 1.32. The third kappa shape index (κ3) is 2.07. The summed E-state index contributed by atoms with van der Waals surface area (Å²) in [6.45, 7) is 0. The number of aromatic nitrogens is 3. The smallest absolute Gasteiger partial charge is 0.412 e. The Balaban J connectivity index is 2.20. The highest BCUT2D eigenvalue weighted by atomic mass is 16.5. The molecule has 20 heavy (non-hydrogen) atoms. The van der Waals surface area contributed by atoms with Gasteiger partial charge < -0.3 is 4.74 Å². The minimum atomic E-state index is -0.548. The van der Waals surface area contributed by atoms with Crippen molar-refractivity contribution in [1.82, 2.24) is 14.4 Å². The number of rotatable bonds is 2. The van der Waals surface area contributed by atoms with Crippen LogP contribution in [0.15, 0.2) is 48.8 Å². The van der Waals surface area contributed by atoms with E-state index in [0.29, 0.717) is 17.3 Å². The molecule has 2 aromatic heterocycles. The number of imidazole rings is 1. The van der Waals surface area contributed by atoms with Gasteiger partial charge in [-0.25, -0.2) is 14.8 Å². The van der Waals surface area contributed by atoms with E-state index in [4.69, 9.17) is 0 Å². The lowest BCUT2D eigenvalue weighted by Gasteiger charge is -2.05. The van der Waals surface area contributed by atoms with Crippen molar-refractivity contribution in [2.75, 3.05) is 12.4 Å². The van der Waals surface area contributed by atoms with Crippen LogP contribution in [0.5, 0.6) is 0 Å². The van der Waals surface area contributed by atoms with Gasteiger partial charge in [0.2, 0.25) is 5.78 Å². The molecule has 6 nitrogen and oxygen atoms in total.